The van der Waals surface area contributed by atoms with E-state index >= 15 is 0 Å². The first-order chi connectivity index (χ1) is 8.29. The molecule has 2 aromatic heterocycles. The van der Waals surface area contributed by atoms with E-state index in [9.17, 15) is 0 Å². The molecular formula is C13H18N2OS. The van der Waals surface area contributed by atoms with Crippen molar-refractivity contribution in [1.29, 1.82) is 0 Å². The van der Waals surface area contributed by atoms with E-state index in [1.54, 1.807) is 11.3 Å². The first kappa shape index (κ1) is 12.5. The number of aromatic nitrogens is 1. The number of fused-ring (bicyclic) bond motifs is 1. The Balaban J connectivity index is 1.93. The largest absolute Gasteiger partial charge is 0.380 e. The van der Waals surface area contributed by atoms with Crippen LogP contribution in [0.25, 0.3) is 10.2 Å². The normalized spacial score (nSPS) is 11.5. The van der Waals surface area contributed by atoms with Crippen LogP contribution in [-0.2, 0) is 11.3 Å². The number of pyridine rings is 1. The van der Waals surface area contributed by atoms with Crippen LogP contribution in [0.1, 0.15) is 12.5 Å². The molecule has 0 amide bonds. The molecule has 0 fully saturated rings. The number of hydrogen-bond donors (Lipinski definition) is 0. The molecule has 4 heteroatoms. The fraction of sp³-hybridized carbons (Fsp3) is 0.462. The molecule has 0 aliphatic heterocycles. The summed E-state index contributed by atoms with van der Waals surface area (Å²) < 4.78 is 6.61. The van der Waals surface area contributed by atoms with E-state index in [2.05, 4.69) is 34.4 Å². The second-order valence-electron chi connectivity index (χ2n) is 4.08. The second kappa shape index (κ2) is 6.10. The van der Waals surface area contributed by atoms with Crippen LogP contribution in [0.4, 0.5) is 0 Å². The molecule has 0 N–H and O–H groups in total. The average molecular weight is 250 g/mol. The van der Waals surface area contributed by atoms with Crippen molar-refractivity contribution in [3.05, 3.63) is 29.3 Å². The highest BCUT2D eigenvalue weighted by atomic mass is 32.1. The van der Waals surface area contributed by atoms with Gasteiger partial charge in [0.25, 0.3) is 0 Å². The highest BCUT2D eigenvalue weighted by molar-refractivity contribution is 7.17. The predicted octanol–water partition coefficient (Wildman–Crippen LogP) is 2.76. The minimum atomic E-state index is 0.788. The van der Waals surface area contributed by atoms with Crippen LogP contribution in [0.2, 0.25) is 0 Å². The van der Waals surface area contributed by atoms with Gasteiger partial charge in [-0.1, -0.05) is 0 Å². The van der Waals surface area contributed by atoms with Crippen molar-refractivity contribution in [3.63, 3.8) is 0 Å². The lowest BCUT2D eigenvalue weighted by Crippen LogP contribution is -2.22. The third-order valence-electron chi connectivity index (χ3n) is 2.63. The highest BCUT2D eigenvalue weighted by Crippen LogP contribution is 2.19. The topological polar surface area (TPSA) is 25.4 Å². The Morgan fingerprint density at radius 1 is 1.47 bits per heavy atom. The molecule has 3 nitrogen and oxygen atoms in total. The molecule has 2 rings (SSSR count). The number of thiophene rings is 1. The third kappa shape index (κ3) is 3.49. The van der Waals surface area contributed by atoms with Crippen molar-refractivity contribution in [3.8, 4) is 0 Å². The molecule has 17 heavy (non-hydrogen) atoms. The summed E-state index contributed by atoms with van der Waals surface area (Å²) in [4.78, 5) is 6.70. The van der Waals surface area contributed by atoms with Crippen LogP contribution in [0.3, 0.4) is 0 Å². The fourth-order valence-corrected chi connectivity index (χ4v) is 2.53. The molecule has 92 valence electrons. The summed E-state index contributed by atoms with van der Waals surface area (Å²) in [6.45, 7) is 5.48. The van der Waals surface area contributed by atoms with Gasteiger partial charge in [-0.3, -0.25) is 9.88 Å². The van der Waals surface area contributed by atoms with Crippen LogP contribution < -0.4 is 0 Å². The molecule has 0 bridgehead atoms. The lowest BCUT2D eigenvalue weighted by molar-refractivity contribution is 0.120. The molecule has 0 saturated heterocycles. The summed E-state index contributed by atoms with van der Waals surface area (Å²) in [5, 5.41) is 2.08. The molecule has 0 aromatic carbocycles. The van der Waals surface area contributed by atoms with Gasteiger partial charge in [0.15, 0.2) is 0 Å². The van der Waals surface area contributed by atoms with Crippen LogP contribution in [-0.4, -0.2) is 36.7 Å². The smallest absolute Gasteiger partial charge is 0.0809 e. The highest BCUT2D eigenvalue weighted by Gasteiger charge is 2.03. The molecule has 0 unspecified atom stereocenters. The van der Waals surface area contributed by atoms with Crippen molar-refractivity contribution >= 4 is 21.6 Å². The molecule has 0 atom stereocenters. The molecule has 0 aliphatic carbocycles. The standard InChI is InChI=1S/C13H18N2OS/c1-3-16-6-5-15(2)10-11-8-13-12(14-9-11)4-7-17-13/h4,7-9H,3,5-6,10H2,1-2H3. The first-order valence-corrected chi connectivity index (χ1v) is 6.76. The first-order valence-electron chi connectivity index (χ1n) is 5.88. The van der Waals surface area contributed by atoms with Crippen LogP contribution in [0.15, 0.2) is 23.7 Å². The van der Waals surface area contributed by atoms with Crippen molar-refractivity contribution in [2.45, 2.75) is 13.5 Å². The van der Waals surface area contributed by atoms with Gasteiger partial charge in [-0.2, -0.15) is 0 Å². The van der Waals surface area contributed by atoms with E-state index in [0.29, 0.717) is 0 Å². The van der Waals surface area contributed by atoms with Gasteiger partial charge in [0, 0.05) is 25.9 Å². The zero-order valence-corrected chi connectivity index (χ0v) is 11.2. The molecular weight excluding hydrogens is 232 g/mol. The van der Waals surface area contributed by atoms with Gasteiger partial charge < -0.3 is 4.74 Å². The van der Waals surface area contributed by atoms with Crippen molar-refractivity contribution < 1.29 is 4.74 Å². The number of hydrogen-bond acceptors (Lipinski definition) is 4. The maximum atomic E-state index is 5.34. The summed E-state index contributed by atoms with van der Waals surface area (Å²) in [6.07, 6.45) is 1.96. The van der Waals surface area contributed by atoms with E-state index in [-0.39, 0.29) is 0 Å². The Bertz CT molecular complexity index is 469. The zero-order valence-electron chi connectivity index (χ0n) is 10.3. The van der Waals surface area contributed by atoms with Gasteiger partial charge in [-0.05, 0) is 37.0 Å². The van der Waals surface area contributed by atoms with Crippen molar-refractivity contribution in [2.75, 3.05) is 26.8 Å². The van der Waals surface area contributed by atoms with Gasteiger partial charge in [-0.25, -0.2) is 0 Å². The van der Waals surface area contributed by atoms with Crippen molar-refractivity contribution in [1.82, 2.24) is 9.88 Å². The minimum Gasteiger partial charge on any atom is -0.380 e. The Hall–Kier alpha value is -0.970. The lowest BCUT2D eigenvalue weighted by atomic mass is 10.2. The second-order valence-corrected chi connectivity index (χ2v) is 5.03. The minimum absolute atomic E-state index is 0.788. The molecule has 0 spiro atoms. The molecule has 2 aromatic rings. The Labute approximate surface area is 106 Å². The van der Waals surface area contributed by atoms with E-state index in [1.165, 1.54) is 10.3 Å². The van der Waals surface area contributed by atoms with Gasteiger partial charge in [0.1, 0.15) is 0 Å². The Morgan fingerprint density at radius 2 is 2.35 bits per heavy atom. The van der Waals surface area contributed by atoms with Crippen molar-refractivity contribution in [2.24, 2.45) is 0 Å². The number of nitrogens with zero attached hydrogens (tertiary/aromatic N) is 2. The Morgan fingerprint density at radius 3 is 3.18 bits per heavy atom. The SMILES string of the molecule is CCOCCN(C)Cc1cnc2ccsc2c1. The van der Waals surface area contributed by atoms with E-state index < -0.39 is 0 Å². The predicted molar refractivity (Wildman–Crippen MR) is 72.4 cm³/mol. The van der Waals surface area contributed by atoms with E-state index in [1.807, 2.05) is 13.1 Å². The summed E-state index contributed by atoms with van der Waals surface area (Å²) in [5.74, 6) is 0. The summed E-state index contributed by atoms with van der Waals surface area (Å²) >= 11 is 1.74. The molecule has 0 aliphatic rings. The van der Waals surface area contributed by atoms with E-state index in [4.69, 9.17) is 4.74 Å². The lowest BCUT2D eigenvalue weighted by Gasteiger charge is -2.16. The third-order valence-corrected chi connectivity index (χ3v) is 3.49. The number of ether oxygens (including phenoxy) is 1. The quantitative estimate of drug-likeness (QED) is 0.737. The van der Waals surface area contributed by atoms with Crippen LogP contribution >= 0.6 is 11.3 Å². The Kier molecular flexibility index (Phi) is 4.48. The monoisotopic (exact) mass is 250 g/mol. The summed E-state index contributed by atoms with van der Waals surface area (Å²) in [7, 11) is 2.11. The van der Waals surface area contributed by atoms with Gasteiger partial charge >= 0.3 is 0 Å². The summed E-state index contributed by atoms with van der Waals surface area (Å²) in [5.41, 5.74) is 2.36. The average Bonchev–Trinajstić information content (AvgIpc) is 2.76. The van der Waals surface area contributed by atoms with Gasteiger partial charge in [-0.15, -0.1) is 11.3 Å². The molecule has 0 saturated carbocycles. The maximum absolute atomic E-state index is 5.34. The van der Waals surface area contributed by atoms with Crippen LogP contribution in [0, 0.1) is 0 Å². The molecule has 0 radical (unpaired) electrons. The molecule has 2 heterocycles. The maximum Gasteiger partial charge on any atom is 0.0809 e. The zero-order chi connectivity index (χ0) is 12.1. The fourth-order valence-electron chi connectivity index (χ4n) is 1.73. The number of likely N-dealkylation sites (N-methyl/N-ethyl adjacent to an activating group) is 1. The summed E-state index contributed by atoms with van der Waals surface area (Å²) in [6, 6.07) is 4.28. The van der Waals surface area contributed by atoms with Crippen LogP contribution in [0.5, 0.6) is 0 Å². The van der Waals surface area contributed by atoms with E-state index in [0.717, 1.165) is 31.8 Å². The van der Waals surface area contributed by atoms with Gasteiger partial charge in [0.05, 0.1) is 16.8 Å². The van der Waals surface area contributed by atoms with Gasteiger partial charge in [0.2, 0.25) is 0 Å². The number of rotatable bonds is 6.